The maximum Gasteiger partial charge on any atom is 0.387 e. The van der Waals surface area contributed by atoms with E-state index in [-0.39, 0.29) is 23.0 Å². The smallest absolute Gasteiger partial charge is 0.387 e. The summed E-state index contributed by atoms with van der Waals surface area (Å²) in [5.41, 5.74) is 0.706. The molecule has 1 aromatic rings. The van der Waals surface area contributed by atoms with Gasteiger partial charge in [0.2, 0.25) is 5.91 Å². The van der Waals surface area contributed by atoms with Gasteiger partial charge in [0.05, 0.1) is 11.4 Å². The van der Waals surface area contributed by atoms with E-state index in [2.05, 4.69) is 26.0 Å². The summed E-state index contributed by atoms with van der Waals surface area (Å²) in [4.78, 5) is 11.1. The molecule has 17 heavy (non-hydrogen) atoms. The number of nitrogens with one attached hydrogen (secondary N) is 1. The molecular formula is C11H12BrF2NO2. The first-order valence-corrected chi connectivity index (χ1v) is 6.05. The number of rotatable bonds is 5. The zero-order valence-electron chi connectivity index (χ0n) is 9.12. The number of hydrogen-bond donors (Lipinski definition) is 1. The van der Waals surface area contributed by atoms with Crippen LogP contribution in [0.4, 0.5) is 8.78 Å². The van der Waals surface area contributed by atoms with E-state index in [0.29, 0.717) is 5.56 Å². The normalized spacial score (nSPS) is 12.3. The van der Waals surface area contributed by atoms with Gasteiger partial charge < -0.3 is 10.1 Å². The van der Waals surface area contributed by atoms with Crippen molar-refractivity contribution in [3.8, 4) is 5.75 Å². The van der Waals surface area contributed by atoms with Crippen LogP contribution in [0, 0.1) is 0 Å². The highest BCUT2D eigenvalue weighted by Crippen LogP contribution is 2.20. The monoisotopic (exact) mass is 307 g/mol. The molecule has 1 unspecified atom stereocenters. The Hall–Kier alpha value is -1.17. The van der Waals surface area contributed by atoms with Crippen LogP contribution in [-0.4, -0.2) is 17.8 Å². The van der Waals surface area contributed by atoms with Gasteiger partial charge in [-0.25, -0.2) is 0 Å². The quantitative estimate of drug-likeness (QED) is 0.850. The van der Waals surface area contributed by atoms with Crippen LogP contribution >= 0.6 is 15.9 Å². The van der Waals surface area contributed by atoms with Gasteiger partial charge in [0.25, 0.3) is 0 Å². The highest BCUT2D eigenvalue weighted by Gasteiger charge is 2.10. The Kier molecular flexibility index (Phi) is 5.34. The van der Waals surface area contributed by atoms with E-state index in [9.17, 15) is 13.6 Å². The van der Waals surface area contributed by atoms with Crippen molar-refractivity contribution in [1.29, 1.82) is 0 Å². The molecule has 0 aliphatic carbocycles. The molecule has 1 atom stereocenters. The minimum atomic E-state index is -2.85. The van der Waals surface area contributed by atoms with Crippen LogP contribution in [0.5, 0.6) is 5.75 Å². The fourth-order valence-corrected chi connectivity index (χ4v) is 1.49. The van der Waals surface area contributed by atoms with Crippen molar-refractivity contribution in [3.05, 3.63) is 29.8 Å². The van der Waals surface area contributed by atoms with E-state index in [4.69, 9.17) is 0 Å². The van der Waals surface area contributed by atoms with Crippen LogP contribution in [0.1, 0.15) is 18.5 Å². The molecule has 1 aromatic carbocycles. The molecule has 6 heteroatoms. The average Bonchev–Trinajstić information content (AvgIpc) is 2.28. The molecule has 1 amide bonds. The van der Waals surface area contributed by atoms with Gasteiger partial charge in [0, 0.05) is 0 Å². The Morgan fingerprint density at radius 3 is 2.82 bits per heavy atom. The van der Waals surface area contributed by atoms with Crippen LogP contribution in [0.25, 0.3) is 0 Å². The van der Waals surface area contributed by atoms with Crippen molar-refractivity contribution in [2.45, 2.75) is 19.6 Å². The van der Waals surface area contributed by atoms with Crippen LogP contribution < -0.4 is 10.1 Å². The van der Waals surface area contributed by atoms with Crippen LogP contribution in [0.3, 0.4) is 0 Å². The van der Waals surface area contributed by atoms with Crippen molar-refractivity contribution in [2.24, 2.45) is 0 Å². The van der Waals surface area contributed by atoms with Gasteiger partial charge in [-0.2, -0.15) is 8.78 Å². The first-order valence-electron chi connectivity index (χ1n) is 4.93. The van der Waals surface area contributed by atoms with Gasteiger partial charge in [0.15, 0.2) is 0 Å². The van der Waals surface area contributed by atoms with Crippen molar-refractivity contribution < 1.29 is 18.3 Å². The van der Waals surface area contributed by atoms with E-state index >= 15 is 0 Å². The largest absolute Gasteiger partial charge is 0.435 e. The minimum absolute atomic E-state index is 0.0810. The van der Waals surface area contributed by atoms with E-state index < -0.39 is 6.61 Å². The number of alkyl halides is 3. The zero-order chi connectivity index (χ0) is 12.8. The SMILES string of the molecule is CC(NC(=O)CBr)c1cccc(OC(F)F)c1. The molecule has 0 aliphatic heterocycles. The molecule has 0 saturated carbocycles. The lowest BCUT2D eigenvalue weighted by atomic mass is 10.1. The summed E-state index contributed by atoms with van der Waals surface area (Å²) in [5.74, 6) is -0.0878. The molecule has 0 fully saturated rings. The van der Waals surface area contributed by atoms with Gasteiger partial charge in [-0.1, -0.05) is 28.1 Å². The molecule has 0 saturated heterocycles. The second kappa shape index (κ2) is 6.54. The highest BCUT2D eigenvalue weighted by molar-refractivity contribution is 9.09. The molecule has 0 spiro atoms. The van der Waals surface area contributed by atoms with Gasteiger partial charge in [0.1, 0.15) is 5.75 Å². The summed E-state index contributed by atoms with van der Waals surface area (Å²) < 4.78 is 28.3. The molecule has 1 rings (SSSR count). The summed E-state index contributed by atoms with van der Waals surface area (Å²) in [6, 6.07) is 5.99. The summed E-state index contributed by atoms with van der Waals surface area (Å²) >= 11 is 3.03. The Balaban J connectivity index is 2.73. The third-order valence-corrected chi connectivity index (χ3v) is 2.59. The number of hydrogen-bond acceptors (Lipinski definition) is 2. The van der Waals surface area contributed by atoms with E-state index in [1.54, 1.807) is 19.1 Å². The van der Waals surface area contributed by atoms with Gasteiger partial charge in [-0.05, 0) is 24.6 Å². The van der Waals surface area contributed by atoms with E-state index in [1.807, 2.05) is 0 Å². The molecule has 94 valence electrons. The number of carbonyl (C=O) groups is 1. The molecular weight excluding hydrogens is 296 g/mol. The summed E-state index contributed by atoms with van der Waals surface area (Å²) in [7, 11) is 0. The Morgan fingerprint density at radius 2 is 2.24 bits per heavy atom. The Morgan fingerprint density at radius 1 is 1.53 bits per heavy atom. The van der Waals surface area contributed by atoms with E-state index in [0.717, 1.165) is 0 Å². The first kappa shape index (κ1) is 13.9. The predicted octanol–water partition coefficient (Wildman–Crippen LogP) is 2.86. The molecule has 0 aromatic heterocycles. The third kappa shape index (κ3) is 4.68. The maximum absolute atomic E-state index is 12.0. The van der Waals surface area contributed by atoms with Crippen LogP contribution in [0.15, 0.2) is 24.3 Å². The van der Waals surface area contributed by atoms with Gasteiger partial charge >= 0.3 is 6.61 Å². The first-order chi connectivity index (χ1) is 8.02. The van der Waals surface area contributed by atoms with Crippen molar-refractivity contribution in [2.75, 3.05) is 5.33 Å². The molecule has 0 aliphatic rings. The number of halogens is 3. The Bertz CT molecular complexity index is 387. The van der Waals surface area contributed by atoms with Gasteiger partial charge in [-0.3, -0.25) is 4.79 Å². The lowest BCUT2D eigenvalue weighted by molar-refractivity contribution is -0.119. The highest BCUT2D eigenvalue weighted by atomic mass is 79.9. The second-order valence-corrected chi connectivity index (χ2v) is 3.93. The van der Waals surface area contributed by atoms with Gasteiger partial charge in [-0.15, -0.1) is 0 Å². The minimum Gasteiger partial charge on any atom is -0.435 e. The van der Waals surface area contributed by atoms with Crippen LogP contribution in [0.2, 0.25) is 0 Å². The molecule has 0 heterocycles. The van der Waals surface area contributed by atoms with E-state index in [1.165, 1.54) is 12.1 Å². The number of amides is 1. The van der Waals surface area contributed by atoms with Crippen molar-refractivity contribution in [1.82, 2.24) is 5.32 Å². The van der Waals surface area contributed by atoms with Crippen LogP contribution in [-0.2, 0) is 4.79 Å². The topological polar surface area (TPSA) is 38.3 Å². The average molecular weight is 308 g/mol. The molecule has 1 N–H and O–H groups in total. The van der Waals surface area contributed by atoms with Crippen molar-refractivity contribution in [3.63, 3.8) is 0 Å². The standard InChI is InChI=1S/C11H12BrF2NO2/c1-7(15-10(16)6-12)8-3-2-4-9(5-8)17-11(13)14/h2-5,7,11H,6H2,1H3,(H,15,16). The Labute approximate surface area is 106 Å². The summed E-state index contributed by atoms with van der Waals surface area (Å²) in [5, 5.41) is 2.90. The third-order valence-electron chi connectivity index (χ3n) is 2.08. The lowest BCUT2D eigenvalue weighted by Crippen LogP contribution is -2.27. The summed E-state index contributed by atoms with van der Waals surface area (Å²) in [6.45, 7) is -1.08. The van der Waals surface area contributed by atoms with Crippen molar-refractivity contribution >= 4 is 21.8 Å². The lowest BCUT2D eigenvalue weighted by Gasteiger charge is -2.14. The number of ether oxygens (including phenoxy) is 1. The zero-order valence-corrected chi connectivity index (χ0v) is 10.7. The fraction of sp³-hybridized carbons (Fsp3) is 0.364. The maximum atomic E-state index is 12.0. The fourth-order valence-electron chi connectivity index (χ4n) is 1.32. The number of benzene rings is 1. The molecule has 3 nitrogen and oxygen atoms in total. The second-order valence-electron chi connectivity index (χ2n) is 3.37. The molecule has 0 radical (unpaired) electrons. The molecule has 0 bridgehead atoms. The number of carbonyl (C=O) groups excluding carboxylic acids is 1. The summed E-state index contributed by atoms with van der Waals surface area (Å²) in [6.07, 6.45) is 0. The predicted molar refractivity (Wildman–Crippen MR) is 63.4 cm³/mol.